The first-order valence-electron chi connectivity index (χ1n) is 8.48. The number of rotatable bonds is 6. The lowest BCUT2D eigenvalue weighted by Gasteiger charge is -2.18. The Labute approximate surface area is 151 Å². The number of carbonyl (C=O) groups is 1. The van der Waals surface area contributed by atoms with Crippen LogP contribution in [0.3, 0.4) is 0 Å². The molecule has 0 N–H and O–H groups in total. The topological polar surface area (TPSA) is 64.4 Å². The monoisotopic (exact) mass is 351 g/mol. The van der Waals surface area contributed by atoms with Gasteiger partial charge in [0.05, 0.1) is 23.8 Å². The SMILES string of the molecule is CCOc1ccc(CN(C)C(=O)Cn2cnc3ccccc3c2=O)cc1. The second-order valence-corrected chi connectivity index (χ2v) is 6.02. The predicted octanol–water partition coefficient (Wildman–Crippen LogP) is 2.45. The Hall–Kier alpha value is -3.15. The number of amides is 1. The van der Waals surface area contributed by atoms with Crippen LogP contribution in [0.15, 0.2) is 59.7 Å². The first-order chi connectivity index (χ1) is 12.6. The normalized spacial score (nSPS) is 10.7. The Kier molecular flexibility index (Phi) is 5.31. The molecule has 0 unspecified atom stereocenters. The fourth-order valence-corrected chi connectivity index (χ4v) is 2.70. The summed E-state index contributed by atoms with van der Waals surface area (Å²) in [4.78, 5) is 30.8. The number of ether oxygens (including phenoxy) is 1. The van der Waals surface area contributed by atoms with Crippen LogP contribution in [0.25, 0.3) is 10.9 Å². The molecule has 1 aromatic heterocycles. The molecular weight excluding hydrogens is 330 g/mol. The molecular formula is C20H21N3O3. The second-order valence-electron chi connectivity index (χ2n) is 6.02. The minimum absolute atomic E-state index is 0.0375. The molecule has 2 aromatic carbocycles. The van der Waals surface area contributed by atoms with Gasteiger partial charge in [0, 0.05) is 13.6 Å². The largest absolute Gasteiger partial charge is 0.494 e. The van der Waals surface area contributed by atoms with Crippen LogP contribution in [0.2, 0.25) is 0 Å². The zero-order valence-electron chi connectivity index (χ0n) is 14.9. The molecule has 134 valence electrons. The van der Waals surface area contributed by atoms with Crippen molar-refractivity contribution in [3.8, 4) is 5.75 Å². The molecule has 0 saturated heterocycles. The van der Waals surface area contributed by atoms with E-state index in [2.05, 4.69) is 4.98 Å². The molecule has 1 amide bonds. The molecule has 0 radical (unpaired) electrons. The van der Waals surface area contributed by atoms with Crippen molar-refractivity contribution in [1.82, 2.24) is 14.5 Å². The van der Waals surface area contributed by atoms with Gasteiger partial charge >= 0.3 is 0 Å². The van der Waals surface area contributed by atoms with Gasteiger partial charge in [-0.1, -0.05) is 24.3 Å². The Balaban J connectivity index is 1.69. The number of hydrogen-bond donors (Lipinski definition) is 0. The van der Waals surface area contributed by atoms with Gasteiger partial charge in [0.25, 0.3) is 5.56 Å². The van der Waals surface area contributed by atoms with Gasteiger partial charge in [-0.2, -0.15) is 0 Å². The summed E-state index contributed by atoms with van der Waals surface area (Å²) in [6, 6.07) is 14.7. The van der Waals surface area contributed by atoms with Crippen LogP contribution in [0.4, 0.5) is 0 Å². The lowest BCUT2D eigenvalue weighted by atomic mass is 10.2. The highest BCUT2D eigenvalue weighted by Gasteiger charge is 2.12. The zero-order valence-corrected chi connectivity index (χ0v) is 14.9. The molecule has 0 aliphatic carbocycles. The molecule has 0 spiro atoms. The fraction of sp³-hybridized carbons (Fsp3) is 0.250. The molecule has 0 fully saturated rings. The number of likely N-dealkylation sites (N-methyl/N-ethyl adjacent to an activating group) is 1. The van der Waals surface area contributed by atoms with E-state index in [9.17, 15) is 9.59 Å². The summed E-state index contributed by atoms with van der Waals surface area (Å²) in [6.45, 7) is 2.97. The van der Waals surface area contributed by atoms with E-state index in [1.165, 1.54) is 10.9 Å². The number of benzene rings is 2. The molecule has 1 heterocycles. The molecule has 0 atom stereocenters. The lowest BCUT2D eigenvalue weighted by molar-refractivity contribution is -0.131. The first-order valence-corrected chi connectivity index (χ1v) is 8.48. The maximum atomic E-state index is 12.5. The van der Waals surface area contributed by atoms with Crippen LogP contribution in [-0.2, 0) is 17.9 Å². The quantitative estimate of drug-likeness (QED) is 0.684. The van der Waals surface area contributed by atoms with Crippen molar-refractivity contribution in [2.45, 2.75) is 20.0 Å². The van der Waals surface area contributed by atoms with Gasteiger partial charge in [-0.25, -0.2) is 4.98 Å². The third-order valence-electron chi connectivity index (χ3n) is 4.12. The summed E-state index contributed by atoms with van der Waals surface area (Å²) >= 11 is 0. The Bertz CT molecular complexity index is 964. The van der Waals surface area contributed by atoms with E-state index in [0.29, 0.717) is 24.1 Å². The molecule has 6 heteroatoms. The van der Waals surface area contributed by atoms with Crippen molar-refractivity contribution in [2.75, 3.05) is 13.7 Å². The Morgan fingerprint density at radius 1 is 1.15 bits per heavy atom. The van der Waals surface area contributed by atoms with Gasteiger partial charge < -0.3 is 9.64 Å². The molecule has 0 aliphatic rings. The maximum Gasteiger partial charge on any atom is 0.261 e. The van der Waals surface area contributed by atoms with E-state index in [1.807, 2.05) is 37.3 Å². The molecule has 3 aromatic rings. The molecule has 0 bridgehead atoms. The Morgan fingerprint density at radius 3 is 2.62 bits per heavy atom. The van der Waals surface area contributed by atoms with Gasteiger partial charge in [0.1, 0.15) is 12.3 Å². The summed E-state index contributed by atoms with van der Waals surface area (Å²) in [7, 11) is 1.72. The summed E-state index contributed by atoms with van der Waals surface area (Å²) in [5.41, 5.74) is 1.41. The van der Waals surface area contributed by atoms with Crippen LogP contribution in [0.1, 0.15) is 12.5 Å². The number of nitrogens with zero attached hydrogens (tertiary/aromatic N) is 3. The number of aromatic nitrogens is 2. The number of fused-ring (bicyclic) bond motifs is 1. The van der Waals surface area contributed by atoms with Gasteiger partial charge in [-0.05, 0) is 36.8 Å². The van der Waals surface area contributed by atoms with Gasteiger partial charge in [0.2, 0.25) is 5.91 Å². The van der Waals surface area contributed by atoms with E-state index in [-0.39, 0.29) is 18.0 Å². The van der Waals surface area contributed by atoms with Crippen LogP contribution >= 0.6 is 0 Å². The van der Waals surface area contributed by atoms with Crippen LogP contribution in [0, 0.1) is 0 Å². The number of para-hydroxylation sites is 1. The zero-order chi connectivity index (χ0) is 18.5. The summed E-state index contributed by atoms with van der Waals surface area (Å²) in [5.74, 6) is 0.650. The van der Waals surface area contributed by atoms with Crippen LogP contribution < -0.4 is 10.3 Å². The first kappa shape index (κ1) is 17.7. The highest BCUT2D eigenvalue weighted by atomic mass is 16.5. The third kappa shape index (κ3) is 3.91. The second kappa shape index (κ2) is 7.82. The standard InChI is InChI=1S/C20H21N3O3/c1-3-26-16-10-8-15(9-11-16)12-22(2)19(24)13-23-14-21-18-7-5-4-6-17(18)20(23)25/h4-11,14H,3,12-13H2,1-2H3. The van der Waals surface area contributed by atoms with Gasteiger partial charge in [-0.15, -0.1) is 0 Å². The number of hydrogen-bond acceptors (Lipinski definition) is 4. The predicted molar refractivity (Wildman–Crippen MR) is 100 cm³/mol. The van der Waals surface area contributed by atoms with Gasteiger partial charge in [0.15, 0.2) is 0 Å². The van der Waals surface area contributed by atoms with Crippen LogP contribution in [0.5, 0.6) is 5.75 Å². The van der Waals surface area contributed by atoms with Gasteiger partial charge in [-0.3, -0.25) is 14.2 Å². The van der Waals surface area contributed by atoms with Crippen molar-refractivity contribution in [1.29, 1.82) is 0 Å². The van der Waals surface area contributed by atoms with Crippen molar-refractivity contribution >= 4 is 16.8 Å². The lowest BCUT2D eigenvalue weighted by Crippen LogP contribution is -2.33. The minimum Gasteiger partial charge on any atom is -0.494 e. The third-order valence-corrected chi connectivity index (χ3v) is 4.12. The summed E-state index contributed by atoms with van der Waals surface area (Å²) < 4.78 is 6.76. The highest BCUT2D eigenvalue weighted by Crippen LogP contribution is 2.13. The van der Waals surface area contributed by atoms with Crippen molar-refractivity contribution in [3.63, 3.8) is 0 Å². The highest BCUT2D eigenvalue weighted by molar-refractivity contribution is 5.78. The average Bonchev–Trinajstić information content (AvgIpc) is 2.66. The van der Waals surface area contributed by atoms with Crippen molar-refractivity contribution in [3.05, 3.63) is 70.8 Å². The molecule has 0 aliphatic heterocycles. The van der Waals surface area contributed by atoms with Crippen molar-refractivity contribution < 1.29 is 9.53 Å². The van der Waals surface area contributed by atoms with E-state index >= 15 is 0 Å². The molecule has 26 heavy (non-hydrogen) atoms. The molecule has 0 saturated carbocycles. The summed E-state index contributed by atoms with van der Waals surface area (Å²) in [5, 5.41) is 0.511. The number of carbonyl (C=O) groups excluding carboxylic acids is 1. The molecule has 6 nitrogen and oxygen atoms in total. The van der Waals surface area contributed by atoms with E-state index < -0.39 is 0 Å². The minimum atomic E-state index is -0.210. The maximum absolute atomic E-state index is 12.5. The van der Waals surface area contributed by atoms with E-state index in [0.717, 1.165) is 11.3 Å². The molecule has 3 rings (SSSR count). The smallest absolute Gasteiger partial charge is 0.261 e. The average molecular weight is 351 g/mol. The van der Waals surface area contributed by atoms with E-state index in [1.54, 1.807) is 30.1 Å². The van der Waals surface area contributed by atoms with Crippen molar-refractivity contribution in [2.24, 2.45) is 0 Å². The van der Waals surface area contributed by atoms with E-state index in [4.69, 9.17) is 4.74 Å². The van der Waals surface area contributed by atoms with Crippen LogP contribution in [-0.4, -0.2) is 34.0 Å². The summed E-state index contributed by atoms with van der Waals surface area (Å²) in [6.07, 6.45) is 1.42. The Morgan fingerprint density at radius 2 is 1.88 bits per heavy atom. The fourth-order valence-electron chi connectivity index (χ4n) is 2.70.